The summed E-state index contributed by atoms with van der Waals surface area (Å²) in [4.78, 5) is 2.45. The van der Waals surface area contributed by atoms with Crippen LogP contribution in [-0.4, -0.2) is 49.4 Å². The van der Waals surface area contributed by atoms with Gasteiger partial charge in [-0.15, -0.1) is 0 Å². The Morgan fingerprint density at radius 3 is 2.52 bits per heavy atom. The van der Waals surface area contributed by atoms with E-state index in [1.54, 1.807) is 24.3 Å². The Kier molecular flexibility index (Phi) is 7.91. The van der Waals surface area contributed by atoms with Gasteiger partial charge in [-0.25, -0.2) is 8.42 Å². The maximum Gasteiger partial charge on any atom is 0.185 e. The number of benzene rings is 1. The first-order valence-electron chi connectivity index (χ1n) is 9.65. The van der Waals surface area contributed by atoms with Gasteiger partial charge in [-0.3, -0.25) is 0 Å². The molecule has 0 bridgehead atoms. The highest BCUT2D eigenvalue weighted by molar-refractivity contribution is 7.92. The van der Waals surface area contributed by atoms with Gasteiger partial charge in [0.25, 0.3) is 0 Å². The predicted molar refractivity (Wildman–Crippen MR) is 102 cm³/mol. The second-order valence-corrected chi connectivity index (χ2v) is 9.39. The first-order chi connectivity index (χ1) is 12.0. The average Bonchev–Trinajstić information content (AvgIpc) is 2.61. The van der Waals surface area contributed by atoms with Gasteiger partial charge in [-0.1, -0.05) is 57.2 Å². The molecule has 0 saturated carbocycles. The Balaban J connectivity index is 2.25. The maximum atomic E-state index is 13.3. The number of rotatable bonds is 9. The zero-order valence-corrected chi connectivity index (χ0v) is 16.4. The molecule has 1 unspecified atom stereocenters. The van der Waals surface area contributed by atoms with Gasteiger partial charge in [-0.2, -0.15) is 0 Å². The standard InChI is InChI=1S/C20H33NO3S/c1-3-4-5-9-15-19(22)20(18-14-10-11-16-21(18)2)25(23,24)17-12-7-6-8-13-17/h6-8,12-13,18-20,22H,3-5,9-11,14-16H2,1-2H3/t18?,19-,20-/m1/s1. The molecule has 0 aliphatic carbocycles. The van der Waals surface area contributed by atoms with Crippen molar-refractivity contribution in [1.82, 2.24) is 4.90 Å². The van der Waals surface area contributed by atoms with E-state index in [2.05, 4.69) is 11.8 Å². The number of hydrogen-bond acceptors (Lipinski definition) is 4. The van der Waals surface area contributed by atoms with Gasteiger partial charge < -0.3 is 10.0 Å². The van der Waals surface area contributed by atoms with Gasteiger partial charge in [0.2, 0.25) is 0 Å². The molecular weight excluding hydrogens is 334 g/mol. The van der Waals surface area contributed by atoms with Crippen molar-refractivity contribution in [2.24, 2.45) is 0 Å². The summed E-state index contributed by atoms with van der Waals surface area (Å²) in [7, 11) is -1.58. The zero-order chi connectivity index (χ0) is 18.3. The smallest absolute Gasteiger partial charge is 0.185 e. The topological polar surface area (TPSA) is 57.6 Å². The van der Waals surface area contributed by atoms with Crippen LogP contribution < -0.4 is 0 Å². The number of nitrogens with zero attached hydrogens (tertiary/aromatic N) is 1. The van der Waals surface area contributed by atoms with E-state index in [0.29, 0.717) is 11.3 Å². The SMILES string of the molecule is CCCCCC[C@@H](O)[C@@H](C1CCCCN1C)S(=O)(=O)c1ccccc1. The molecular formula is C20H33NO3S. The Labute approximate surface area is 153 Å². The summed E-state index contributed by atoms with van der Waals surface area (Å²) in [5.41, 5.74) is 0. The van der Waals surface area contributed by atoms with Crippen molar-refractivity contribution in [1.29, 1.82) is 0 Å². The largest absolute Gasteiger partial charge is 0.392 e. The van der Waals surface area contributed by atoms with Crippen molar-refractivity contribution in [3.63, 3.8) is 0 Å². The van der Waals surface area contributed by atoms with Crippen LogP contribution >= 0.6 is 0 Å². The van der Waals surface area contributed by atoms with E-state index in [0.717, 1.165) is 51.5 Å². The summed E-state index contributed by atoms with van der Waals surface area (Å²) >= 11 is 0. The summed E-state index contributed by atoms with van der Waals surface area (Å²) in [5, 5.41) is 10.1. The van der Waals surface area contributed by atoms with Crippen molar-refractivity contribution in [2.75, 3.05) is 13.6 Å². The molecule has 1 aromatic rings. The van der Waals surface area contributed by atoms with E-state index in [1.165, 1.54) is 0 Å². The van der Waals surface area contributed by atoms with Gasteiger partial charge in [0.1, 0.15) is 5.25 Å². The fourth-order valence-electron chi connectivity index (χ4n) is 3.90. The minimum atomic E-state index is -3.57. The van der Waals surface area contributed by atoms with Gasteiger partial charge in [-0.05, 0) is 45.0 Å². The quantitative estimate of drug-likeness (QED) is 0.677. The van der Waals surface area contributed by atoms with E-state index in [4.69, 9.17) is 0 Å². The molecule has 3 atom stereocenters. The fraction of sp³-hybridized carbons (Fsp3) is 0.700. The summed E-state index contributed by atoms with van der Waals surface area (Å²) in [6.07, 6.45) is 6.89. The van der Waals surface area contributed by atoms with Crippen molar-refractivity contribution in [2.45, 2.75) is 80.6 Å². The highest BCUT2D eigenvalue weighted by Crippen LogP contribution is 2.30. The number of aliphatic hydroxyl groups is 1. The molecule has 1 fully saturated rings. The summed E-state index contributed by atoms with van der Waals surface area (Å²) in [5.74, 6) is 0. The molecule has 1 aliphatic rings. The Bertz CT molecular complexity index is 603. The van der Waals surface area contributed by atoms with Crippen molar-refractivity contribution < 1.29 is 13.5 Å². The molecule has 1 heterocycles. The molecule has 25 heavy (non-hydrogen) atoms. The van der Waals surface area contributed by atoms with Gasteiger partial charge in [0, 0.05) is 6.04 Å². The first-order valence-corrected chi connectivity index (χ1v) is 11.2. The number of piperidine rings is 1. The zero-order valence-electron chi connectivity index (χ0n) is 15.6. The Hall–Kier alpha value is -0.910. The summed E-state index contributed by atoms with van der Waals surface area (Å²) in [6, 6.07) is 8.51. The van der Waals surface area contributed by atoms with Crippen molar-refractivity contribution in [3.8, 4) is 0 Å². The molecule has 1 saturated heterocycles. The van der Waals surface area contributed by atoms with Crippen LogP contribution in [0.2, 0.25) is 0 Å². The minimum absolute atomic E-state index is 0.111. The molecule has 0 radical (unpaired) electrons. The second-order valence-electron chi connectivity index (χ2n) is 7.28. The molecule has 5 heteroatoms. The Morgan fingerprint density at radius 1 is 1.16 bits per heavy atom. The third kappa shape index (κ3) is 5.28. The Morgan fingerprint density at radius 2 is 1.88 bits per heavy atom. The third-order valence-corrected chi connectivity index (χ3v) is 7.64. The number of aliphatic hydroxyl groups excluding tert-OH is 1. The molecule has 1 aromatic carbocycles. The van der Waals surface area contributed by atoms with Crippen molar-refractivity contribution >= 4 is 9.84 Å². The highest BCUT2D eigenvalue weighted by Gasteiger charge is 2.42. The van der Waals surface area contributed by atoms with Crippen molar-refractivity contribution in [3.05, 3.63) is 30.3 Å². The number of sulfone groups is 1. The average molecular weight is 368 g/mol. The molecule has 0 aromatic heterocycles. The first kappa shape index (κ1) is 20.4. The van der Waals surface area contributed by atoms with Crippen LogP contribution in [0.5, 0.6) is 0 Å². The second kappa shape index (κ2) is 9.70. The van der Waals surface area contributed by atoms with Crippen LogP contribution in [-0.2, 0) is 9.84 Å². The van der Waals surface area contributed by atoms with Crippen LogP contribution in [0.15, 0.2) is 35.2 Å². The van der Waals surface area contributed by atoms with Crippen LogP contribution in [0, 0.1) is 0 Å². The number of unbranched alkanes of at least 4 members (excludes halogenated alkanes) is 3. The van der Waals surface area contributed by atoms with Crippen LogP contribution in [0.25, 0.3) is 0 Å². The lowest BCUT2D eigenvalue weighted by molar-refractivity contribution is 0.0910. The fourth-order valence-corrected chi connectivity index (χ4v) is 6.06. The molecule has 142 valence electrons. The molecule has 1 N–H and O–H groups in total. The monoisotopic (exact) mass is 367 g/mol. The number of likely N-dealkylation sites (tertiary alicyclic amines) is 1. The van der Waals surface area contributed by atoms with Crippen LogP contribution in [0.3, 0.4) is 0 Å². The van der Waals surface area contributed by atoms with E-state index in [9.17, 15) is 13.5 Å². The highest BCUT2D eigenvalue weighted by atomic mass is 32.2. The molecule has 4 nitrogen and oxygen atoms in total. The normalized spacial score (nSPS) is 21.8. The van der Waals surface area contributed by atoms with Gasteiger partial charge >= 0.3 is 0 Å². The van der Waals surface area contributed by atoms with Gasteiger partial charge in [0.15, 0.2) is 9.84 Å². The van der Waals surface area contributed by atoms with Gasteiger partial charge in [0.05, 0.1) is 11.0 Å². The maximum absolute atomic E-state index is 13.3. The minimum Gasteiger partial charge on any atom is -0.392 e. The van der Waals surface area contributed by atoms with E-state index in [-0.39, 0.29) is 6.04 Å². The van der Waals surface area contributed by atoms with Crippen LogP contribution in [0.1, 0.15) is 58.3 Å². The lowest BCUT2D eigenvalue weighted by Crippen LogP contribution is -2.53. The lowest BCUT2D eigenvalue weighted by Gasteiger charge is -2.39. The summed E-state index contributed by atoms with van der Waals surface area (Å²) in [6.45, 7) is 3.05. The van der Waals surface area contributed by atoms with Crippen LogP contribution in [0.4, 0.5) is 0 Å². The predicted octanol–water partition coefficient (Wildman–Crippen LogP) is 3.64. The lowest BCUT2D eigenvalue weighted by atomic mass is 9.94. The van der Waals surface area contributed by atoms with E-state index in [1.807, 2.05) is 13.1 Å². The van der Waals surface area contributed by atoms with E-state index >= 15 is 0 Å². The molecule has 0 amide bonds. The summed E-state index contributed by atoms with van der Waals surface area (Å²) < 4.78 is 26.6. The van der Waals surface area contributed by atoms with E-state index < -0.39 is 21.2 Å². The molecule has 0 spiro atoms. The molecule has 1 aliphatic heterocycles. The number of hydrogen-bond donors (Lipinski definition) is 1. The molecule has 2 rings (SSSR count). The third-order valence-electron chi connectivity index (χ3n) is 5.37.